The number of hydrogen-bond acceptors (Lipinski definition) is 3. The SMILES string of the molecule is CCn1c(CC2CCN(CCC(C)(C)C)CC2)n[nH]c1=O. The summed E-state index contributed by atoms with van der Waals surface area (Å²) in [4.78, 5) is 14.2. The van der Waals surface area contributed by atoms with Crippen LogP contribution >= 0.6 is 0 Å². The van der Waals surface area contributed by atoms with E-state index in [-0.39, 0.29) is 5.69 Å². The molecule has 0 amide bonds. The minimum Gasteiger partial charge on any atom is -0.303 e. The topological polar surface area (TPSA) is 53.9 Å². The van der Waals surface area contributed by atoms with Crippen LogP contribution in [0.15, 0.2) is 4.79 Å². The van der Waals surface area contributed by atoms with E-state index in [0.717, 1.165) is 12.2 Å². The van der Waals surface area contributed by atoms with Crippen LogP contribution < -0.4 is 5.69 Å². The van der Waals surface area contributed by atoms with Crippen molar-refractivity contribution < 1.29 is 0 Å². The van der Waals surface area contributed by atoms with E-state index in [1.165, 1.54) is 38.9 Å². The Hall–Kier alpha value is -1.10. The molecule has 1 aromatic rings. The maximum Gasteiger partial charge on any atom is 0.343 e. The van der Waals surface area contributed by atoms with E-state index >= 15 is 0 Å². The molecule has 0 aliphatic carbocycles. The average molecular weight is 294 g/mol. The van der Waals surface area contributed by atoms with Gasteiger partial charge in [-0.05, 0) is 57.2 Å². The molecule has 0 saturated carbocycles. The van der Waals surface area contributed by atoms with Gasteiger partial charge in [0.2, 0.25) is 0 Å². The van der Waals surface area contributed by atoms with Gasteiger partial charge in [-0.15, -0.1) is 0 Å². The third-order valence-electron chi connectivity index (χ3n) is 4.51. The van der Waals surface area contributed by atoms with E-state index in [1.807, 2.05) is 6.92 Å². The summed E-state index contributed by atoms with van der Waals surface area (Å²) >= 11 is 0. The van der Waals surface area contributed by atoms with Crippen LogP contribution in [0.3, 0.4) is 0 Å². The Kier molecular flexibility index (Phi) is 5.25. The van der Waals surface area contributed by atoms with Gasteiger partial charge in [0.25, 0.3) is 0 Å². The summed E-state index contributed by atoms with van der Waals surface area (Å²) in [6.07, 6.45) is 4.62. The zero-order valence-electron chi connectivity index (χ0n) is 14.0. The smallest absolute Gasteiger partial charge is 0.303 e. The van der Waals surface area contributed by atoms with Gasteiger partial charge in [-0.25, -0.2) is 9.89 Å². The summed E-state index contributed by atoms with van der Waals surface area (Å²) in [5.74, 6) is 1.59. The fraction of sp³-hybridized carbons (Fsp3) is 0.875. The molecule has 0 aromatic carbocycles. The first-order valence-electron chi connectivity index (χ1n) is 8.25. The lowest BCUT2D eigenvalue weighted by Gasteiger charge is -2.33. The van der Waals surface area contributed by atoms with Gasteiger partial charge in [0.05, 0.1) is 0 Å². The van der Waals surface area contributed by atoms with Crippen molar-refractivity contribution in [2.45, 2.75) is 59.9 Å². The molecule has 120 valence electrons. The zero-order chi connectivity index (χ0) is 15.5. The Morgan fingerprint density at radius 3 is 2.52 bits per heavy atom. The minimum absolute atomic E-state index is 0.0740. The molecule has 1 N–H and O–H groups in total. The first-order chi connectivity index (χ1) is 9.89. The van der Waals surface area contributed by atoms with E-state index in [2.05, 4.69) is 35.9 Å². The Bertz CT molecular complexity index is 489. The monoisotopic (exact) mass is 294 g/mol. The second-order valence-electron chi connectivity index (χ2n) is 7.49. The third kappa shape index (κ3) is 4.70. The van der Waals surface area contributed by atoms with E-state index in [9.17, 15) is 4.79 Å². The Morgan fingerprint density at radius 1 is 1.29 bits per heavy atom. The van der Waals surface area contributed by atoms with Crippen LogP contribution in [0.1, 0.15) is 52.8 Å². The predicted molar refractivity (Wildman–Crippen MR) is 85.5 cm³/mol. The van der Waals surface area contributed by atoms with Crippen molar-refractivity contribution in [3.05, 3.63) is 16.3 Å². The fourth-order valence-electron chi connectivity index (χ4n) is 3.00. The molecular formula is C16H30N4O. The average Bonchev–Trinajstić information content (AvgIpc) is 2.77. The standard InChI is InChI=1S/C16H30N4O/c1-5-20-14(17-18-15(20)21)12-13-6-9-19(10-7-13)11-8-16(2,3)4/h13H,5-12H2,1-4H3,(H,18,21). The van der Waals surface area contributed by atoms with Crippen LogP contribution in [0.2, 0.25) is 0 Å². The van der Waals surface area contributed by atoms with E-state index in [4.69, 9.17) is 0 Å². The van der Waals surface area contributed by atoms with Gasteiger partial charge in [0.1, 0.15) is 5.82 Å². The van der Waals surface area contributed by atoms with Crippen LogP contribution in [0, 0.1) is 11.3 Å². The van der Waals surface area contributed by atoms with Crippen molar-refractivity contribution in [3.8, 4) is 0 Å². The number of nitrogens with one attached hydrogen (secondary N) is 1. The molecule has 2 heterocycles. The number of piperidine rings is 1. The highest BCUT2D eigenvalue weighted by Gasteiger charge is 2.22. The second kappa shape index (κ2) is 6.77. The molecule has 0 atom stereocenters. The number of hydrogen-bond donors (Lipinski definition) is 1. The van der Waals surface area contributed by atoms with Crippen LogP contribution in [0.25, 0.3) is 0 Å². The Balaban J connectivity index is 1.80. The molecule has 2 rings (SSSR count). The van der Waals surface area contributed by atoms with Gasteiger partial charge < -0.3 is 4.90 Å². The molecule has 0 bridgehead atoms. The molecule has 0 spiro atoms. The minimum atomic E-state index is -0.0740. The summed E-state index contributed by atoms with van der Waals surface area (Å²) in [6, 6.07) is 0. The summed E-state index contributed by atoms with van der Waals surface area (Å²) in [6.45, 7) is 13.2. The van der Waals surface area contributed by atoms with Crippen molar-refractivity contribution in [1.29, 1.82) is 0 Å². The largest absolute Gasteiger partial charge is 0.343 e. The third-order valence-corrected chi connectivity index (χ3v) is 4.51. The highest BCUT2D eigenvalue weighted by molar-refractivity contribution is 4.90. The maximum absolute atomic E-state index is 11.6. The van der Waals surface area contributed by atoms with Gasteiger partial charge >= 0.3 is 5.69 Å². The summed E-state index contributed by atoms with van der Waals surface area (Å²) in [5, 5.41) is 6.75. The normalized spacial score (nSPS) is 18.3. The van der Waals surface area contributed by atoms with Crippen LogP contribution in [-0.2, 0) is 13.0 Å². The van der Waals surface area contributed by atoms with Crippen LogP contribution in [0.5, 0.6) is 0 Å². The highest BCUT2D eigenvalue weighted by atomic mass is 16.1. The number of likely N-dealkylation sites (tertiary alicyclic amines) is 1. The molecular weight excluding hydrogens is 264 g/mol. The van der Waals surface area contributed by atoms with Crippen LogP contribution in [0.4, 0.5) is 0 Å². The lowest BCUT2D eigenvalue weighted by molar-refractivity contribution is 0.162. The first kappa shape index (κ1) is 16.3. The number of aromatic nitrogens is 3. The lowest BCUT2D eigenvalue weighted by Crippen LogP contribution is -2.36. The highest BCUT2D eigenvalue weighted by Crippen LogP contribution is 2.23. The second-order valence-corrected chi connectivity index (χ2v) is 7.49. The van der Waals surface area contributed by atoms with Gasteiger partial charge in [0.15, 0.2) is 0 Å². The first-order valence-corrected chi connectivity index (χ1v) is 8.25. The molecule has 1 aliphatic heterocycles. The van der Waals surface area contributed by atoms with Crippen molar-refractivity contribution >= 4 is 0 Å². The molecule has 1 fully saturated rings. The van der Waals surface area contributed by atoms with Crippen molar-refractivity contribution in [2.24, 2.45) is 11.3 Å². The molecule has 21 heavy (non-hydrogen) atoms. The lowest BCUT2D eigenvalue weighted by atomic mass is 9.90. The van der Waals surface area contributed by atoms with Gasteiger partial charge in [-0.1, -0.05) is 20.8 Å². The number of nitrogens with zero attached hydrogens (tertiary/aromatic N) is 3. The fourth-order valence-corrected chi connectivity index (χ4v) is 3.00. The van der Waals surface area contributed by atoms with Gasteiger partial charge in [-0.2, -0.15) is 5.10 Å². The molecule has 0 unspecified atom stereocenters. The molecule has 1 aromatic heterocycles. The van der Waals surface area contributed by atoms with Crippen LogP contribution in [-0.4, -0.2) is 39.3 Å². The van der Waals surface area contributed by atoms with E-state index in [0.29, 0.717) is 17.9 Å². The molecule has 1 aliphatic rings. The summed E-state index contributed by atoms with van der Waals surface area (Å²) < 4.78 is 1.76. The predicted octanol–water partition coefficient (Wildman–Crippen LogP) is 2.28. The van der Waals surface area contributed by atoms with E-state index in [1.54, 1.807) is 4.57 Å². The molecule has 1 saturated heterocycles. The van der Waals surface area contributed by atoms with Crippen molar-refractivity contribution in [1.82, 2.24) is 19.7 Å². The molecule has 0 radical (unpaired) electrons. The molecule has 5 nitrogen and oxygen atoms in total. The zero-order valence-corrected chi connectivity index (χ0v) is 14.0. The van der Waals surface area contributed by atoms with Crippen molar-refractivity contribution in [3.63, 3.8) is 0 Å². The summed E-state index contributed by atoms with van der Waals surface area (Å²) in [5.41, 5.74) is 0.346. The van der Waals surface area contributed by atoms with Gasteiger partial charge in [-0.3, -0.25) is 4.57 Å². The van der Waals surface area contributed by atoms with E-state index < -0.39 is 0 Å². The number of aromatic amines is 1. The Morgan fingerprint density at radius 2 is 1.95 bits per heavy atom. The summed E-state index contributed by atoms with van der Waals surface area (Å²) in [7, 11) is 0. The molecule has 5 heteroatoms. The Labute approximate surface area is 127 Å². The number of H-pyrrole nitrogens is 1. The van der Waals surface area contributed by atoms with Gasteiger partial charge in [0, 0.05) is 13.0 Å². The van der Waals surface area contributed by atoms with Crippen molar-refractivity contribution in [2.75, 3.05) is 19.6 Å². The maximum atomic E-state index is 11.6. The quantitative estimate of drug-likeness (QED) is 0.906. The number of rotatable bonds is 5.